The molecule has 0 aromatic heterocycles. The SMILES string of the molecule is CCCCC[C@@H]1OC(=O)CC[C@@H]1I. The molecule has 2 nitrogen and oxygen atoms in total. The second-order valence-corrected chi connectivity index (χ2v) is 5.18. The van der Waals surface area contributed by atoms with Crippen molar-refractivity contribution in [2.24, 2.45) is 0 Å². The largest absolute Gasteiger partial charge is 0.461 e. The minimum absolute atomic E-state index is 0.00517. The van der Waals surface area contributed by atoms with Gasteiger partial charge >= 0.3 is 5.97 Å². The number of cyclic esters (lactones) is 1. The van der Waals surface area contributed by atoms with Crippen molar-refractivity contribution in [2.45, 2.75) is 55.5 Å². The molecule has 0 N–H and O–H groups in total. The average molecular weight is 296 g/mol. The van der Waals surface area contributed by atoms with E-state index in [4.69, 9.17) is 4.74 Å². The summed E-state index contributed by atoms with van der Waals surface area (Å²) in [6, 6.07) is 0. The summed E-state index contributed by atoms with van der Waals surface area (Å²) >= 11 is 2.40. The zero-order chi connectivity index (χ0) is 9.68. The van der Waals surface area contributed by atoms with Gasteiger partial charge in [-0.15, -0.1) is 0 Å². The highest BCUT2D eigenvalue weighted by atomic mass is 127. The Bertz CT molecular complexity index is 170. The van der Waals surface area contributed by atoms with E-state index in [9.17, 15) is 4.79 Å². The standard InChI is InChI=1S/C10H17IO2/c1-2-3-4-5-9-8(11)6-7-10(12)13-9/h8-9H,2-7H2,1H3/t8-,9-/m0/s1. The molecule has 0 radical (unpaired) electrons. The van der Waals surface area contributed by atoms with Crippen LogP contribution in [0.4, 0.5) is 0 Å². The molecule has 13 heavy (non-hydrogen) atoms. The molecule has 0 aliphatic carbocycles. The van der Waals surface area contributed by atoms with Gasteiger partial charge in [0.25, 0.3) is 0 Å². The lowest BCUT2D eigenvalue weighted by Gasteiger charge is -2.27. The molecular weight excluding hydrogens is 279 g/mol. The van der Waals surface area contributed by atoms with Crippen molar-refractivity contribution in [1.29, 1.82) is 0 Å². The summed E-state index contributed by atoms with van der Waals surface area (Å²) in [5, 5.41) is 0. The summed E-state index contributed by atoms with van der Waals surface area (Å²) in [5.41, 5.74) is 0. The number of unbranched alkanes of at least 4 members (excludes halogenated alkanes) is 2. The predicted molar refractivity (Wildman–Crippen MR) is 61.1 cm³/mol. The maximum Gasteiger partial charge on any atom is 0.306 e. The van der Waals surface area contributed by atoms with Crippen LogP contribution in [0.2, 0.25) is 0 Å². The van der Waals surface area contributed by atoms with Gasteiger partial charge in [-0.1, -0.05) is 42.4 Å². The second kappa shape index (κ2) is 5.83. The van der Waals surface area contributed by atoms with Crippen LogP contribution >= 0.6 is 22.6 Å². The zero-order valence-corrected chi connectivity index (χ0v) is 10.2. The highest BCUT2D eigenvalue weighted by Gasteiger charge is 2.27. The van der Waals surface area contributed by atoms with Crippen molar-refractivity contribution in [2.75, 3.05) is 0 Å². The van der Waals surface area contributed by atoms with E-state index < -0.39 is 0 Å². The monoisotopic (exact) mass is 296 g/mol. The molecule has 0 unspecified atom stereocenters. The Morgan fingerprint density at radius 1 is 1.54 bits per heavy atom. The maximum absolute atomic E-state index is 11.0. The highest BCUT2D eigenvalue weighted by Crippen LogP contribution is 2.26. The lowest BCUT2D eigenvalue weighted by molar-refractivity contribution is -0.153. The lowest BCUT2D eigenvalue weighted by atomic mass is 10.0. The fourth-order valence-corrected chi connectivity index (χ4v) is 2.40. The normalized spacial score (nSPS) is 28.6. The molecule has 2 atom stereocenters. The van der Waals surface area contributed by atoms with E-state index in [1.54, 1.807) is 0 Å². The van der Waals surface area contributed by atoms with Crippen molar-refractivity contribution >= 4 is 28.6 Å². The third-order valence-corrected chi connectivity index (χ3v) is 3.83. The first kappa shape index (κ1) is 11.3. The van der Waals surface area contributed by atoms with Gasteiger partial charge in [0.2, 0.25) is 0 Å². The fraction of sp³-hybridized carbons (Fsp3) is 0.900. The number of hydrogen-bond donors (Lipinski definition) is 0. The van der Waals surface area contributed by atoms with Crippen LogP contribution in [-0.2, 0) is 9.53 Å². The molecule has 0 bridgehead atoms. The molecule has 76 valence electrons. The third-order valence-electron chi connectivity index (χ3n) is 2.40. The lowest BCUT2D eigenvalue weighted by Crippen LogP contribution is -2.32. The summed E-state index contributed by atoms with van der Waals surface area (Å²) < 4.78 is 5.83. The molecule has 1 heterocycles. The van der Waals surface area contributed by atoms with Crippen molar-refractivity contribution in [3.8, 4) is 0 Å². The zero-order valence-electron chi connectivity index (χ0n) is 8.09. The van der Waals surface area contributed by atoms with E-state index in [-0.39, 0.29) is 12.1 Å². The van der Waals surface area contributed by atoms with Crippen molar-refractivity contribution < 1.29 is 9.53 Å². The first-order chi connectivity index (χ1) is 6.24. The summed E-state index contributed by atoms with van der Waals surface area (Å²) in [4.78, 5) is 11.0. The minimum atomic E-state index is -0.00517. The van der Waals surface area contributed by atoms with Crippen LogP contribution in [0, 0.1) is 0 Å². The summed E-state index contributed by atoms with van der Waals surface area (Å²) in [6.07, 6.45) is 6.51. The topological polar surface area (TPSA) is 26.3 Å². The Labute approximate surface area is 93.6 Å². The molecule has 1 rings (SSSR count). The molecule has 1 aliphatic rings. The number of hydrogen-bond acceptors (Lipinski definition) is 2. The molecule has 1 fully saturated rings. The molecule has 1 saturated heterocycles. The summed E-state index contributed by atoms with van der Waals surface area (Å²) in [7, 11) is 0. The van der Waals surface area contributed by atoms with Gasteiger partial charge in [0.15, 0.2) is 0 Å². The smallest absolute Gasteiger partial charge is 0.306 e. The number of ether oxygens (including phenoxy) is 1. The Kier molecular flexibility index (Phi) is 5.06. The Morgan fingerprint density at radius 2 is 2.31 bits per heavy atom. The van der Waals surface area contributed by atoms with E-state index in [2.05, 4.69) is 29.5 Å². The van der Waals surface area contributed by atoms with Crippen LogP contribution in [0.25, 0.3) is 0 Å². The van der Waals surface area contributed by atoms with E-state index in [1.807, 2.05) is 0 Å². The van der Waals surface area contributed by atoms with Gasteiger partial charge in [0.05, 0.1) is 0 Å². The van der Waals surface area contributed by atoms with Gasteiger partial charge in [-0.3, -0.25) is 4.79 Å². The Morgan fingerprint density at radius 3 is 3.00 bits per heavy atom. The van der Waals surface area contributed by atoms with Gasteiger partial charge < -0.3 is 4.74 Å². The molecule has 1 aliphatic heterocycles. The molecule has 0 spiro atoms. The van der Waals surface area contributed by atoms with Gasteiger partial charge in [-0.2, -0.15) is 0 Å². The fourth-order valence-electron chi connectivity index (χ4n) is 1.58. The van der Waals surface area contributed by atoms with Gasteiger partial charge in [-0.25, -0.2) is 0 Å². The number of halogens is 1. The van der Waals surface area contributed by atoms with E-state index >= 15 is 0 Å². The minimum Gasteiger partial charge on any atom is -0.461 e. The van der Waals surface area contributed by atoms with Gasteiger partial charge in [0.1, 0.15) is 6.10 Å². The van der Waals surface area contributed by atoms with Crippen LogP contribution in [-0.4, -0.2) is 16.0 Å². The molecule has 0 aromatic carbocycles. The van der Waals surface area contributed by atoms with Crippen molar-refractivity contribution in [3.63, 3.8) is 0 Å². The summed E-state index contributed by atoms with van der Waals surface area (Å²) in [5.74, 6) is -0.00517. The first-order valence-electron chi connectivity index (χ1n) is 5.07. The van der Waals surface area contributed by atoms with Crippen LogP contribution in [0.1, 0.15) is 45.4 Å². The molecule has 3 heteroatoms. The quantitative estimate of drug-likeness (QED) is 0.345. The van der Waals surface area contributed by atoms with Crippen molar-refractivity contribution in [3.05, 3.63) is 0 Å². The molecule has 0 amide bonds. The van der Waals surface area contributed by atoms with Crippen LogP contribution in [0.3, 0.4) is 0 Å². The number of carbonyl (C=O) groups is 1. The molecule has 0 saturated carbocycles. The van der Waals surface area contributed by atoms with E-state index in [0.29, 0.717) is 10.3 Å². The predicted octanol–water partition coefficient (Wildman–Crippen LogP) is 3.08. The van der Waals surface area contributed by atoms with Gasteiger partial charge in [0, 0.05) is 10.3 Å². The van der Waals surface area contributed by atoms with E-state index in [0.717, 1.165) is 12.8 Å². The number of carbonyl (C=O) groups excluding carboxylic acids is 1. The third kappa shape index (κ3) is 3.83. The number of rotatable bonds is 4. The molecular formula is C10H17IO2. The van der Waals surface area contributed by atoms with Crippen molar-refractivity contribution in [1.82, 2.24) is 0 Å². The van der Waals surface area contributed by atoms with E-state index in [1.165, 1.54) is 19.3 Å². The Hall–Kier alpha value is 0.200. The Balaban J connectivity index is 2.25. The van der Waals surface area contributed by atoms with Crippen LogP contribution in [0.15, 0.2) is 0 Å². The highest BCUT2D eigenvalue weighted by molar-refractivity contribution is 14.1. The van der Waals surface area contributed by atoms with Crippen LogP contribution in [0.5, 0.6) is 0 Å². The summed E-state index contributed by atoms with van der Waals surface area (Å²) in [6.45, 7) is 2.19. The van der Waals surface area contributed by atoms with Crippen LogP contribution < -0.4 is 0 Å². The average Bonchev–Trinajstić information content (AvgIpc) is 2.11. The number of esters is 1. The first-order valence-corrected chi connectivity index (χ1v) is 6.32. The second-order valence-electron chi connectivity index (χ2n) is 3.58. The maximum atomic E-state index is 11.0. The van der Waals surface area contributed by atoms with Gasteiger partial charge in [-0.05, 0) is 19.3 Å². The number of alkyl halides is 1. The molecule has 0 aromatic rings.